The van der Waals surface area contributed by atoms with Crippen molar-refractivity contribution in [2.75, 3.05) is 6.61 Å². The number of ether oxygens (including phenoxy) is 2. The molecule has 0 aromatic rings. The molecule has 198 valence electrons. The summed E-state index contributed by atoms with van der Waals surface area (Å²) in [5.74, 6) is -3.40. The van der Waals surface area contributed by atoms with Crippen molar-refractivity contribution >= 4 is 45.7 Å². The highest BCUT2D eigenvalue weighted by Gasteiger charge is 2.50. The first-order valence-electron chi connectivity index (χ1n) is 11.5. The zero-order valence-electron chi connectivity index (χ0n) is 23.0. The summed E-state index contributed by atoms with van der Waals surface area (Å²) in [6.45, 7) is 28.3. The fourth-order valence-corrected chi connectivity index (χ4v) is 17.6. The molecule has 0 fully saturated rings. The molecule has 0 heterocycles. The SMILES string of the molecule is C=C(C)C(=O)OC(CO)(CCC[Si](O[Si](C)(C)C)(O[Si](C)(C)C)O[Si](C)(C)C)OC(=O)C(=C)C. The van der Waals surface area contributed by atoms with Gasteiger partial charge < -0.3 is 26.9 Å². The fourth-order valence-electron chi connectivity index (χ4n) is 2.97. The van der Waals surface area contributed by atoms with Gasteiger partial charge in [-0.15, -0.1) is 0 Å². The maximum atomic E-state index is 12.3. The Kier molecular flexibility index (Phi) is 12.1. The smallest absolute Gasteiger partial charge is 0.417 e. The Morgan fingerprint density at radius 1 is 0.735 bits per heavy atom. The summed E-state index contributed by atoms with van der Waals surface area (Å²) < 4.78 is 30.9. The first-order valence-corrected chi connectivity index (χ1v) is 23.7. The third kappa shape index (κ3) is 13.3. The summed E-state index contributed by atoms with van der Waals surface area (Å²) in [5.41, 5.74) is 0.248. The van der Waals surface area contributed by atoms with Crippen molar-refractivity contribution in [1.29, 1.82) is 0 Å². The van der Waals surface area contributed by atoms with Crippen molar-refractivity contribution in [3.8, 4) is 0 Å². The van der Waals surface area contributed by atoms with Gasteiger partial charge >= 0.3 is 20.7 Å². The summed E-state index contributed by atoms with van der Waals surface area (Å²) in [6.07, 6.45) is 0.411. The van der Waals surface area contributed by atoms with Crippen LogP contribution in [0.4, 0.5) is 0 Å². The van der Waals surface area contributed by atoms with Gasteiger partial charge in [-0.05, 0) is 79.2 Å². The molecule has 0 radical (unpaired) electrons. The zero-order valence-corrected chi connectivity index (χ0v) is 27.0. The average molecular weight is 551 g/mol. The van der Waals surface area contributed by atoms with Crippen molar-refractivity contribution in [2.45, 2.75) is 97.4 Å². The van der Waals surface area contributed by atoms with Gasteiger partial charge in [0.1, 0.15) is 6.61 Å². The maximum absolute atomic E-state index is 12.3. The van der Waals surface area contributed by atoms with Gasteiger partial charge in [0, 0.05) is 23.6 Å². The molecular formula is C22H46O8Si4. The number of aliphatic hydroxyl groups is 1. The Balaban J connectivity index is 6.13. The predicted molar refractivity (Wildman–Crippen MR) is 145 cm³/mol. The van der Waals surface area contributed by atoms with Crippen LogP contribution in [0.3, 0.4) is 0 Å². The number of aliphatic hydroxyl groups excluding tert-OH is 1. The molecule has 34 heavy (non-hydrogen) atoms. The Bertz CT molecular complexity index is 679. The number of carbonyl (C=O) groups excluding carboxylic acids is 2. The molecule has 0 saturated heterocycles. The van der Waals surface area contributed by atoms with E-state index in [4.69, 9.17) is 21.8 Å². The molecule has 12 heteroatoms. The van der Waals surface area contributed by atoms with Crippen LogP contribution in [-0.2, 0) is 31.4 Å². The fraction of sp³-hybridized carbons (Fsp3) is 0.727. The van der Waals surface area contributed by atoms with Crippen molar-refractivity contribution in [3.05, 3.63) is 24.3 Å². The van der Waals surface area contributed by atoms with Crippen molar-refractivity contribution in [3.63, 3.8) is 0 Å². The van der Waals surface area contributed by atoms with Crippen molar-refractivity contribution in [2.24, 2.45) is 0 Å². The first-order chi connectivity index (χ1) is 15.0. The number of carbonyl (C=O) groups is 2. The lowest BCUT2D eigenvalue weighted by Crippen LogP contribution is -2.60. The number of hydrogen-bond donors (Lipinski definition) is 1. The molecule has 0 saturated carbocycles. The van der Waals surface area contributed by atoms with E-state index in [0.717, 1.165) is 0 Å². The lowest BCUT2D eigenvalue weighted by Gasteiger charge is -2.43. The highest BCUT2D eigenvalue weighted by molar-refractivity contribution is 6.90. The minimum Gasteiger partial charge on any atom is -0.417 e. The largest absolute Gasteiger partial charge is 0.469 e. The second kappa shape index (κ2) is 12.4. The topological polar surface area (TPSA) is 101 Å². The lowest BCUT2D eigenvalue weighted by atomic mass is 10.1. The highest BCUT2D eigenvalue weighted by atomic mass is 28.5. The lowest BCUT2D eigenvalue weighted by molar-refractivity contribution is -0.238. The number of rotatable bonds is 15. The Hall–Kier alpha value is -0.872. The Morgan fingerprint density at radius 3 is 1.29 bits per heavy atom. The third-order valence-corrected chi connectivity index (χ3v) is 16.0. The molecule has 0 aliphatic carbocycles. The molecular weight excluding hydrogens is 505 g/mol. The molecule has 0 amide bonds. The molecule has 8 nitrogen and oxygen atoms in total. The van der Waals surface area contributed by atoms with Crippen LogP contribution >= 0.6 is 0 Å². The zero-order chi connectivity index (χ0) is 27.2. The minimum atomic E-state index is -3.15. The number of esters is 2. The van der Waals surface area contributed by atoms with Gasteiger partial charge in [-0.1, -0.05) is 13.2 Å². The van der Waals surface area contributed by atoms with Crippen LogP contribution in [0.1, 0.15) is 26.7 Å². The Labute approximate surface area is 210 Å². The molecule has 0 rings (SSSR count). The van der Waals surface area contributed by atoms with Crippen LogP contribution in [0.5, 0.6) is 0 Å². The maximum Gasteiger partial charge on any atom is 0.469 e. The van der Waals surface area contributed by atoms with Crippen LogP contribution in [0, 0.1) is 0 Å². The van der Waals surface area contributed by atoms with Crippen LogP contribution in [0.15, 0.2) is 24.3 Å². The van der Waals surface area contributed by atoms with Gasteiger partial charge in [0.25, 0.3) is 5.79 Å². The quantitative estimate of drug-likeness (QED) is 0.129. The van der Waals surface area contributed by atoms with E-state index in [0.29, 0.717) is 12.5 Å². The predicted octanol–water partition coefficient (Wildman–Crippen LogP) is 5.19. The van der Waals surface area contributed by atoms with Crippen molar-refractivity contribution in [1.82, 2.24) is 0 Å². The summed E-state index contributed by atoms with van der Waals surface area (Å²) in [6, 6.07) is 0.433. The molecule has 0 aromatic carbocycles. The van der Waals surface area contributed by atoms with Gasteiger partial charge in [0.05, 0.1) is 0 Å². The standard InChI is InChI=1S/C22H46O8Si4/c1-18(2)20(24)26-22(17-23,27-21(25)19(3)4)15-14-16-34(28-31(5,6)7,29-32(8,9)10)30-33(11,12)13/h23H,1,3,14-17H2,2,4-13H3. The summed E-state index contributed by atoms with van der Waals surface area (Å²) >= 11 is 0. The highest BCUT2D eigenvalue weighted by Crippen LogP contribution is 2.33. The van der Waals surface area contributed by atoms with E-state index in [9.17, 15) is 14.7 Å². The van der Waals surface area contributed by atoms with Gasteiger partial charge in [-0.2, -0.15) is 0 Å². The Morgan fingerprint density at radius 2 is 1.06 bits per heavy atom. The summed E-state index contributed by atoms with van der Waals surface area (Å²) in [7, 11) is -9.35. The second-order valence-electron chi connectivity index (χ2n) is 11.6. The third-order valence-electron chi connectivity index (χ3n) is 3.92. The van der Waals surface area contributed by atoms with E-state index in [2.05, 4.69) is 72.1 Å². The van der Waals surface area contributed by atoms with Crippen LogP contribution < -0.4 is 0 Å². The number of hydrogen-bond acceptors (Lipinski definition) is 8. The minimum absolute atomic E-state index is 0.0372. The summed E-state index contributed by atoms with van der Waals surface area (Å²) in [5, 5.41) is 10.2. The van der Waals surface area contributed by atoms with Crippen LogP contribution in [-0.4, -0.2) is 63.2 Å². The normalized spacial score (nSPS) is 13.4. The van der Waals surface area contributed by atoms with Crippen LogP contribution in [0.25, 0.3) is 0 Å². The molecule has 0 atom stereocenters. The monoisotopic (exact) mass is 550 g/mol. The van der Waals surface area contributed by atoms with E-state index in [-0.39, 0.29) is 17.6 Å². The molecule has 0 aliphatic rings. The van der Waals surface area contributed by atoms with Gasteiger partial charge in [0.15, 0.2) is 25.0 Å². The van der Waals surface area contributed by atoms with E-state index >= 15 is 0 Å². The molecule has 1 N–H and O–H groups in total. The van der Waals surface area contributed by atoms with E-state index < -0.39 is 58.1 Å². The summed E-state index contributed by atoms with van der Waals surface area (Å²) in [4.78, 5) is 24.6. The van der Waals surface area contributed by atoms with E-state index in [1.165, 1.54) is 13.8 Å². The molecule has 0 bridgehead atoms. The molecule has 0 unspecified atom stereocenters. The van der Waals surface area contributed by atoms with Gasteiger partial charge in [-0.25, -0.2) is 9.59 Å². The van der Waals surface area contributed by atoms with Crippen LogP contribution in [0.2, 0.25) is 65.0 Å². The first kappa shape index (κ1) is 33.1. The van der Waals surface area contributed by atoms with Crippen molar-refractivity contribution < 1.29 is 36.5 Å². The van der Waals surface area contributed by atoms with E-state index in [1.807, 2.05) is 0 Å². The molecule has 0 aliphatic heterocycles. The average Bonchev–Trinajstić information content (AvgIpc) is 2.56. The second-order valence-corrected chi connectivity index (χ2v) is 28.6. The van der Waals surface area contributed by atoms with Gasteiger partial charge in [0.2, 0.25) is 0 Å². The van der Waals surface area contributed by atoms with Gasteiger partial charge in [-0.3, -0.25) is 0 Å². The molecule has 0 spiro atoms. The van der Waals surface area contributed by atoms with E-state index in [1.54, 1.807) is 0 Å². The molecule has 0 aromatic heterocycles.